The van der Waals surface area contributed by atoms with Crippen LogP contribution in [0.3, 0.4) is 0 Å². The molecule has 0 unspecified atom stereocenters. The van der Waals surface area contributed by atoms with Crippen LogP contribution in [-0.4, -0.2) is 28.7 Å². The summed E-state index contributed by atoms with van der Waals surface area (Å²) in [5, 5.41) is 20.7. The van der Waals surface area contributed by atoms with Crippen LogP contribution >= 0.6 is 0 Å². The van der Waals surface area contributed by atoms with Crippen LogP contribution in [-0.2, 0) is 0 Å². The Hall–Kier alpha value is -1.62. The average Bonchev–Trinajstić information content (AvgIpc) is 2.38. The first kappa shape index (κ1) is 13.8. The summed E-state index contributed by atoms with van der Waals surface area (Å²) in [6.45, 7) is 2.59. The van der Waals surface area contributed by atoms with Crippen molar-refractivity contribution in [2.24, 2.45) is 0 Å². The van der Waals surface area contributed by atoms with Crippen LogP contribution in [0, 0.1) is 10.1 Å². The minimum atomic E-state index is -0.381. The number of aliphatic hydroxyl groups is 1. The number of aliphatic hydroxyl groups excluding tert-OH is 1. The van der Waals surface area contributed by atoms with Gasteiger partial charge in [-0.1, -0.05) is 12.1 Å². The average molecular weight is 264 g/mol. The summed E-state index contributed by atoms with van der Waals surface area (Å²) in [5.74, 6) is 0. The molecular formula is C14H20N2O3. The molecule has 2 atom stereocenters. The largest absolute Gasteiger partial charge is 0.393 e. The van der Waals surface area contributed by atoms with E-state index < -0.39 is 0 Å². The Kier molecular flexibility index (Phi) is 4.37. The number of hydrogen-bond acceptors (Lipinski definition) is 4. The summed E-state index contributed by atoms with van der Waals surface area (Å²) in [6.07, 6.45) is 3.42. The van der Waals surface area contributed by atoms with E-state index in [2.05, 4.69) is 4.90 Å². The second kappa shape index (κ2) is 6.02. The maximum atomic E-state index is 11.1. The first-order valence-electron chi connectivity index (χ1n) is 6.77. The third-order valence-corrected chi connectivity index (χ3v) is 3.63. The lowest BCUT2D eigenvalue weighted by Gasteiger charge is -2.37. The van der Waals surface area contributed by atoms with Gasteiger partial charge in [-0.25, -0.2) is 0 Å². The van der Waals surface area contributed by atoms with Gasteiger partial charge >= 0.3 is 0 Å². The van der Waals surface area contributed by atoms with E-state index in [-0.39, 0.29) is 22.8 Å². The van der Waals surface area contributed by atoms with E-state index in [0.29, 0.717) is 12.1 Å². The molecular weight excluding hydrogens is 244 g/mol. The van der Waals surface area contributed by atoms with Crippen LogP contribution in [0.25, 0.3) is 0 Å². The van der Waals surface area contributed by atoms with Gasteiger partial charge in [0.25, 0.3) is 5.69 Å². The number of hydrogen-bond donors (Lipinski definition) is 1. The molecule has 0 aliphatic carbocycles. The Bertz CT molecular complexity index is 448. The molecule has 104 valence electrons. The summed E-state index contributed by atoms with van der Waals surface area (Å²) in [7, 11) is 0. The van der Waals surface area contributed by atoms with Crippen molar-refractivity contribution in [3.8, 4) is 0 Å². The van der Waals surface area contributed by atoms with Crippen molar-refractivity contribution >= 4 is 11.4 Å². The van der Waals surface area contributed by atoms with Crippen molar-refractivity contribution in [2.45, 2.75) is 44.8 Å². The highest BCUT2D eigenvalue weighted by Crippen LogP contribution is 2.33. The van der Waals surface area contributed by atoms with Crippen LogP contribution in [0.15, 0.2) is 24.3 Å². The third kappa shape index (κ3) is 3.23. The second-order valence-electron chi connectivity index (χ2n) is 5.17. The molecule has 19 heavy (non-hydrogen) atoms. The number of rotatable bonds is 4. The molecule has 1 aromatic rings. The smallest absolute Gasteiger partial charge is 0.292 e. The predicted molar refractivity (Wildman–Crippen MR) is 74.4 cm³/mol. The minimum Gasteiger partial charge on any atom is -0.393 e. The highest BCUT2D eigenvalue weighted by atomic mass is 16.6. The van der Waals surface area contributed by atoms with Crippen LogP contribution < -0.4 is 4.90 Å². The Morgan fingerprint density at radius 3 is 2.89 bits per heavy atom. The Labute approximate surface area is 113 Å². The van der Waals surface area contributed by atoms with Crippen molar-refractivity contribution < 1.29 is 10.0 Å². The number of nitro benzene ring substituents is 1. The maximum Gasteiger partial charge on any atom is 0.292 e. The highest BCUT2D eigenvalue weighted by molar-refractivity contribution is 5.63. The molecule has 0 bridgehead atoms. The molecule has 5 heteroatoms. The molecule has 0 spiro atoms. The fourth-order valence-electron chi connectivity index (χ4n) is 2.82. The van der Waals surface area contributed by atoms with Gasteiger partial charge in [0.15, 0.2) is 0 Å². The van der Waals surface area contributed by atoms with Gasteiger partial charge < -0.3 is 10.0 Å². The maximum absolute atomic E-state index is 11.1. The van der Waals surface area contributed by atoms with Crippen LogP contribution in [0.1, 0.15) is 32.6 Å². The second-order valence-corrected chi connectivity index (χ2v) is 5.17. The van der Waals surface area contributed by atoms with Crippen molar-refractivity contribution in [1.82, 2.24) is 0 Å². The zero-order chi connectivity index (χ0) is 13.8. The monoisotopic (exact) mass is 264 g/mol. The number of benzene rings is 1. The van der Waals surface area contributed by atoms with Gasteiger partial charge in [0.2, 0.25) is 0 Å². The van der Waals surface area contributed by atoms with Gasteiger partial charge in [0.05, 0.1) is 11.0 Å². The summed E-state index contributed by atoms with van der Waals surface area (Å²) < 4.78 is 0. The lowest BCUT2D eigenvalue weighted by molar-refractivity contribution is -0.384. The van der Waals surface area contributed by atoms with Crippen molar-refractivity contribution in [3.05, 3.63) is 34.4 Å². The Morgan fingerprint density at radius 2 is 2.21 bits per heavy atom. The normalized spacial score (nSPS) is 21.2. The first-order chi connectivity index (χ1) is 9.09. The topological polar surface area (TPSA) is 66.6 Å². The van der Waals surface area contributed by atoms with E-state index in [9.17, 15) is 15.2 Å². The van der Waals surface area contributed by atoms with Gasteiger partial charge in [0.1, 0.15) is 5.69 Å². The zero-order valence-electron chi connectivity index (χ0n) is 11.2. The zero-order valence-corrected chi connectivity index (χ0v) is 11.2. The number of nitrogens with zero attached hydrogens (tertiary/aromatic N) is 2. The highest BCUT2D eigenvalue weighted by Gasteiger charge is 2.28. The Balaban J connectivity index is 2.29. The molecule has 1 aliphatic heterocycles. The fourth-order valence-corrected chi connectivity index (χ4v) is 2.82. The summed E-state index contributed by atoms with van der Waals surface area (Å²) >= 11 is 0. The number of para-hydroxylation sites is 2. The molecule has 0 saturated carbocycles. The summed E-state index contributed by atoms with van der Waals surface area (Å²) in [6, 6.07) is 7.06. The Morgan fingerprint density at radius 1 is 1.47 bits per heavy atom. The van der Waals surface area contributed by atoms with Crippen LogP contribution in [0.2, 0.25) is 0 Å². The molecule has 1 aliphatic rings. The molecule has 1 fully saturated rings. The minimum absolute atomic E-state index is 0.153. The standard InChI is InChI=1S/C14H20N2O3/c1-11(17)10-12-6-4-5-9-15(12)13-7-2-3-8-14(13)16(18)19/h2-3,7-8,11-12,17H,4-6,9-10H2,1H3/t11-,12+/m1/s1. The molecule has 5 nitrogen and oxygen atoms in total. The van der Waals surface area contributed by atoms with Crippen molar-refractivity contribution in [1.29, 1.82) is 0 Å². The molecule has 1 heterocycles. The molecule has 1 saturated heterocycles. The fraction of sp³-hybridized carbons (Fsp3) is 0.571. The summed E-state index contributed by atoms with van der Waals surface area (Å²) in [4.78, 5) is 12.9. The van der Waals surface area contributed by atoms with E-state index in [1.807, 2.05) is 6.07 Å². The molecule has 0 radical (unpaired) electrons. The van der Waals surface area contributed by atoms with E-state index in [0.717, 1.165) is 25.8 Å². The lowest BCUT2D eigenvalue weighted by atomic mass is 9.96. The van der Waals surface area contributed by atoms with Crippen LogP contribution in [0.5, 0.6) is 0 Å². The molecule has 2 rings (SSSR count). The van der Waals surface area contributed by atoms with E-state index in [1.54, 1.807) is 25.1 Å². The molecule has 0 amide bonds. The van der Waals surface area contributed by atoms with E-state index in [4.69, 9.17) is 0 Å². The third-order valence-electron chi connectivity index (χ3n) is 3.63. The van der Waals surface area contributed by atoms with Gasteiger partial charge in [0, 0.05) is 18.7 Å². The van der Waals surface area contributed by atoms with Gasteiger partial charge in [-0.2, -0.15) is 0 Å². The quantitative estimate of drug-likeness (QED) is 0.670. The molecule has 0 aromatic heterocycles. The SMILES string of the molecule is C[C@@H](O)C[C@@H]1CCCCN1c1ccccc1[N+](=O)[O-]. The van der Waals surface area contributed by atoms with Gasteiger partial charge in [-0.05, 0) is 38.7 Å². The van der Waals surface area contributed by atoms with Crippen molar-refractivity contribution in [2.75, 3.05) is 11.4 Å². The van der Waals surface area contributed by atoms with E-state index in [1.165, 1.54) is 0 Å². The van der Waals surface area contributed by atoms with Crippen LogP contribution in [0.4, 0.5) is 11.4 Å². The van der Waals surface area contributed by atoms with Crippen molar-refractivity contribution in [3.63, 3.8) is 0 Å². The number of piperidine rings is 1. The molecule has 1 aromatic carbocycles. The number of anilines is 1. The predicted octanol–water partition coefficient (Wildman–Crippen LogP) is 2.72. The first-order valence-corrected chi connectivity index (χ1v) is 6.77. The lowest BCUT2D eigenvalue weighted by Crippen LogP contribution is -2.41. The van der Waals surface area contributed by atoms with Gasteiger partial charge in [-0.15, -0.1) is 0 Å². The van der Waals surface area contributed by atoms with E-state index >= 15 is 0 Å². The summed E-state index contributed by atoms with van der Waals surface area (Å²) in [5.41, 5.74) is 0.831. The van der Waals surface area contributed by atoms with Gasteiger partial charge in [-0.3, -0.25) is 10.1 Å². The molecule has 1 N–H and O–H groups in total. The number of nitro groups is 1.